The molecule has 1 aromatic carbocycles. The standard InChI is InChI=1S/C20H26ClN3O5/c1-2-9-22-17(25)12-23-18(26)13-29-20(28)15-7-10-24(11-8-15)19(27)14-3-5-16(21)6-4-14/h3-6,15H,2,7-13H2,1H3,(H,22,25)(H,23,26). The number of ether oxygens (including phenoxy) is 1. The molecule has 1 aliphatic heterocycles. The lowest BCUT2D eigenvalue weighted by Crippen LogP contribution is -2.42. The van der Waals surface area contributed by atoms with E-state index in [2.05, 4.69) is 10.6 Å². The van der Waals surface area contributed by atoms with Crippen LogP contribution in [0, 0.1) is 5.92 Å². The Morgan fingerprint density at radius 1 is 1.07 bits per heavy atom. The molecular formula is C20H26ClN3O5. The maximum Gasteiger partial charge on any atom is 0.309 e. The molecule has 1 aliphatic rings. The largest absolute Gasteiger partial charge is 0.455 e. The zero-order chi connectivity index (χ0) is 21.2. The van der Waals surface area contributed by atoms with Gasteiger partial charge >= 0.3 is 5.97 Å². The molecule has 0 radical (unpaired) electrons. The molecule has 2 rings (SSSR count). The van der Waals surface area contributed by atoms with Crippen molar-refractivity contribution in [2.45, 2.75) is 26.2 Å². The average Bonchev–Trinajstić information content (AvgIpc) is 2.74. The average molecular weight is 424 g/mol. The number of carbonyl (C=O) groups is 4. The fraction of sp³-hybridized carbons (Fsp3) is 0.500. The number of carbonyl (C=O) groups excluding carboxylic acids is 4. The van der Waals surface area contributed by atoms with E-state index in [1.54, 1.807) is 29.2 Å². The Balaban J connectivity index is 1.69. The van der Waals surface area contributed by atoms with Crippen molar-refractivity contribution < 1.29 is 23.9 Å². The van der Waals surface area contributed by atoms with Crippen LogP contribution in [-0.4, -0.2) is 61.4 Å². The molecule has 1 saturated heterocycles. The summed E-state index contributed by atoms with van der Waals surface area (Å²) in [6, 6.07) is 6.67. The molecule has 0 atom stereocenters. The summed E-state index contributed by atoms with van der Waals surface area (Å²) in [5, 5.41) is 5.60. The molecule has 1 aromatic rings. The highest BCUT2D eigenvalue weighted by Crippen LogP contribution is 2.21. The van der Waals surface area contributed by atoms with Crippen molar-refractivity contribution in [3.8, 4) is 0 Å². The first kappa shape index (κ1) is 22.7. The number of likely N-dealkylation sites (tertiary alicyclic amines) is 1. The van der Waals surface area contributed by atoms with Crippen LogP contribution >= 0.6 is 11.6 Å². The third-order valence-corrected chi connectivity index (χ3v) is 4.82. The van der Waals surface area contributed by atoms with E-state index in [1.807, 2.05) is 6.92 Å². The van der Waals surface area contributed by atoms with Crippen molar-refractivity contribution >= 4 is 35.3 Å². The number of hydrogen-bond acceptors (Lipinski definition) is 5. The van der Waals surface area contributed by atoms with E-state index in [1.165, 1.54) is 0 Å². The maximum absolute atomic E-state index is 12.5. The maximum atomic E-state index is 12.5. The van der Waals surface area contributed by atoms with Gasteiger partial charge in [-0.2, -0.15) is 0 Å². The predicted molar refractivity (Wildman–Crippen MR) is 107 cm³/mol. The van der Waals surface area contributed by atoms with Gasteiger partial charge in [0.2, 0.25) is 5.91 Å². The van der Waals surface area contributed by atoms with Crippen LogP contribution in [0.3, 0.4) is 0 Å². The highest BCUT2D eigenvalue weighted by atomic mass is 35.5. The lowest BCUT2D eigenvalue weighted by molar-refractivity contribution is -0.153. The molecule has 1 fully saturated rings. The molecule has 158 valence electrons. The number of piperidine rings is 1. The molecule has 9 heteroatoms. The van der Waals surface area contributed by atoms with E-state index in [0.717, 1.165) is 6.42 Å². The Morgan fingerprint density at radius 2 is 1.72 bits per heavy atom. The highest BCUT2D eigenvalue weighted by Gasteiger charge is 2.29. The van der Waals surface area contributed by atoms with Crippen molar-refractivity contribution in [2.75, 3.05) is 32.8 Å². The van der Waals surface area contributed by atoms with Crippen LogP contribution in [0.2, 0.25) is 5.02 Å². The third kappa shape index (κ3) is 7.38. The van der Waals surface area contributed by atoms with E-state index in [9.17, 15) is 19.2 Å². The summed E-state index contributed by atoms with van der Waals surface area (Å²) in [5.41, 5.74) is 0.551. The summed E-state index contributed by atoms with van der Waals surface area (Å²) in [5.74, 6) is -1.74. The molecule has 0 bridgehead atoms. The number of nitrogens with one attached hydrogen (secondary N) is 2. The Kier molecular flexibility index (Phi) is 8.92. The SMILES string of the molecule is CCCNC(=O)CNC(=O)COC(=O)C1CCN(C(=O)c2ccc(Cl)cc2)CC1. The number of rotatable bonds is 8. The quantitative estimate of drug-likeness (QED) is 0.614. The second kappa shape index (κ2) is 11.4. The fourth-order valence-corrected chi connectivity index (χ4v) is 3.03. The predicted octanol–water partition coefficient (Wildman–Crippen LogP) is 1.38. The van der Waals surface area contributed by atoms with E-state index >= 15 is 0 Å². The number of esters is 1. The second-order valence-electron chi connectivity index (χ2n) is 6.81. The number of hydrogen-bond donors (Lipinski definition) is 2. The first-order chi connectivity index (χ1) is 13.9. The van der Waals surface area contributed by atoms with Crippen LogP contribution < -0.4 is 10.6 Å². The molecule has 0 unspecified atom stereocenters. The van der Waals surface area contributed by atoms with Crippen LogP contribution in [0.5, 0.6) is 0 Å². The number of nitrogens with zero attached hydrogens (tertiary/aromatic N) is 1. The number of benzene rings is 1. The molecule has 0 saturated carbocycles. The Hall–Kier alpha value is -2.61. The summed E-state index contributed by atoms with van der Waals surface area (Å²) in [6.45, 7) is 2.76. The van der Waals surface area contributed by atoms with Gasteiger partial charge < -0.3 is 20.3 Å². The molecule has 1 heterocycles. The molecular weight excluding hydrogens is 398 g/mol. The summed E-state index contributed by atoms with van der Waals surface area (Å²) < 4.78 is 5.05. The molecule has 0 spiro atoms. The normalized spacial score (nSPS) is 14.2. The zero-order valence-electron chi connectivity index (χ0n) is 16.4. The zero-order valence-corrected chi connectivity index (χ0v) is 17.2. The van der Waals surface area contributed by atoms with Gasteiger partial charge in [0, 0.05) is 30.2 Å². The minimum atomic E-state index is -0.527. The van der Waals surface area contributed by atoms with Gasteiger partial charge in [-0.1, -0.05) is 18.5 Å². The topological polar surface area (TPSA) is 105 Å². The lowest BCUT2D eigenvalue weighted by atomic mass is 9.96. The van der Waals surface area contributed by atoms with Gasteiger partial charge in [0.25, 0.3) is 11.8 Å². The van der Waals surface area contributed by atoms with Crippen LogP contribution in [0.15, 0.2) is 24.3 Å². The van der Waals surface area contributed by atoms with E-state index in [-0.39, 0.29) is 24.3 Å². The lowest BCUT2D eigenvalue weighted by Gasteiger charge is -2.31. The van der Waals surface area contributed by atoms with Gasteiger partial charge in [0.05, 0.1) is 12.5 Å². The molecule has 0 aliphatic carbocycles. The highest BCUT2D eigenvalue weighted by molar-refractivity contribution is 6.30. The van der Waals surface area contributed by atoms with Gasteiger partial charge in [-0.05, 0) is 43.5 Å². The second-order valence-corrected chi connectivity index (χ2v) is 7.24. The van der Waals surface area contributed by atoms with Crippen molar-refractivity contribution in [2.24, 2.45) is 5.92 Å². The van der Waals surface area contributed by atoms with E-state index < -0.39 is 18.5 Å². The van der Waals surface area contributed by atoms with Gasteiger partial charge in [0.1, 0.15) is 0 Å². The van der Waals surface area contributed by atoms with Gasteiger partial charge in [-0.3, -0.25) is 19.2 Å². The molecule has 29 heavy (non-hydrogen) atoms. The summed E-state index contributed by atoms with van der Waals surface area (Å²) in [4.78, 5) is 49.5. The van der Waals surface area contributed by atoms with E-state index in [0.29, 0.717) is 43.1 Å². The van der Waals surface area contributed by atoms with Crippen molar-refractivity contribution in [1.29, 1.82) is 0 Å². The van der Waals surface area contributed by atoms with Crippen LogP contribution in [-0.2, 0) is 19.1 Å². The third-order valence-electron chi connectivity index (χ3n) is 4.57. The number of amides is 3. The Bertz CT molecular complexity index is 730. The van der Waals surface area contributed by atoms with Crippen molar-refractivity contribution in [3.05, 3.63) is 34.9 Å². The van der Waals surface area contributed by atoms with E-state index in [4.69, 9.17) is 16.3 Å². The Labute approximate surface area is 174 Å². The first-order valence-corrected chi connectivity index (χ1v) is 10.0. The van der Waals surface area contributed by atoms with Gasteiger partial charge in [-0.15, -0.1) is 0 Å². The van der Waals surface area contributed by atoms with Crippen LogP contribution in [0.4, 0.5) is 0 Å². The minimum Gasteiger partial charge on any atom is -0.455 e. The van der Waals surface area contributed by atoms with Crippen LogP contribution in [0.25, 0.3) is 0 Å². The van der Waals surface area contributed by atoms with Crippen molar-refractivity contribution in [3.63, 3.8) is 0 Å². The molecule has 2 N–H and O–H groups in total. The summed E-state index contributed by atoms with van der Waals surface area (Å²) >= 11 is 5.84. The summed E-state index contributed by atoms with van der Waals surface area (Å²) in [6.07, 6.45) is 1.75. The van der Waals surface area contributed by atoms with Crippen molar-refractivity contribution in [1.82, 2.24) is 15.5 Å². The fourth-order valence-electron chi connectivity index (χ4n) is 2.90. The van der Waals surface area contributed by atoms with Crippen LogP contribution in [0.1, 0.15) is 36.5 Å². The van der Waals surface area contributed by atoms with Gasteiger partial charge in [-0.25, -0.2) is 0 Å². The molecule has 0 aromatic heterocycles. The molecule has 3 amide bonds. The summed E-state index contributed by atoms with van der Waals surface area (Å²) in [7, 11) is 0. The monoisotopic (exact) mass is 423 g/mol. The minimum absolute atomic E-state index is 0.103. The smallest absolute Gasteiger partial charge is 0.309 e. The van der Waals surface area contributed by atoms with Gasteiger partial charge in [0.15, 0.2) is 6.61 Å². The Morgan fingerprint density at radius 3 is 2.34 bits per heavy atom. The number of halogens is 1. The first-order valence-electron chi connectivity index (χ1n) is 9.65. The molecule has 8 nitrogen and oxygen atoms in total.